The van der Waals surface area contributed by atoms with E-state index in [0.29, 0.717) is 0 Å². The zero-order valence-corrected chi connectivity index (χ0v) is 60.0. The van der Waals surface area contributed by atoms with Crippen LogP contribution in [0.1, 0.15) is 0 Å². The maximum Gasteiger partial charge on any atom is 0.0703 e. The normalized spacial score (nSPS) is 11.6. The summed E-state index contributed by atoms with van der Waals surface area (Å²) < 4.78 is 4.78. The van der Waals surface area contributed by atoms with Crippen molar-refractivity contribution in [3.63, 3.8) is 0 Å². The molecule has 4 heterocycles. The lowest BCUT2D eigenvalue weighted by Gasteiger charge is -2.18. The second-order valence-corrected chi connectivity index (χ2v) is 28.6. The molecule has 4 nitrogen and oxygen atoms in total. The summed E-state index contributed by atoms with van der Waals surface area (Å²) in [7, 11) is 0. The summed E-state index contributed by atoms with van der Waals surface area (Å²) in [5, 5.41) is 19.9. The molecule has 0 saturated heterocycles. The molecule has 18 aromatic carbocycles. The zero-order valence-electron chi connectivity index (χ0n) is 60.0. The first kappa shape index (κ1) is 63.9. The molecule has 22 rings (SSSR count). The molecule has 0 radical (unpaired) electrons. The molecular weight excluding hydrogens is 1330 g/mol. The summed E-state index contributed by atoms with van der Waals surface area (Å²) in [5.41, 5.74) is 25.6. The van der Waals surface area contributed by atoms with E-state index < -0.39 is 0 Å². The van der Waals surface area contributed by atoms with Crippen LogP contribution in [-0.2, 0) is 0 Å². The lowest BCUT2D eigenvalue weighted by atomic mass is 9.86. The Morgan fingerprint density at radius 1 is 0.164 bits per heavy atom. The molecule has 0 aliphatic rings. The first-order valence-electron chi connectivity index (χ1n) is 37.8. The highest BCUT2D eigenvalue weighted by Crippen LogP contribution is 2.48. The Bertz CT molecular complexity index is 7190. The third-order valence-corrected chi connectivity index (χ3v) is 22.5. The van der Waals surface area contributed by atoms with E-state index in [1.807, 2.05) is 0 Å². The Balaban J connectivity index is 0.000000140. The van der Waals surface area contributed by atoms with Gasteiger partial charge in [-0.2, -0.15) is 0 Å². The van der Waals surface area contributed by atoms with Gasteiger partial charge in [-0.25, -0.2) is 0 Å². The van der Waals surface area contributed by atoms with E-state index in [2.05, 4.69) is 422 Å². The van der Waals surface area contributed by atoms with Gasteiger partial charge in [0.1, 0.15) is 0 Å². The molecule has 512 valence electrons. The Kier molecular flexibility index (Phi) is 15.5. The SMILES string of the molecule is c1ccc(-c2ccc(-c3c4ccccc4c(-c4ccc(-c5ccc6c(c5)c5c7ccccc7ccc5n6-c5ccccc5)nc4)c4ccccc34)cc2)cc1.c1ccc(-c2ccc(-c3c4ccccc4c(-c4ccc(-c5ccc6c7c8ccccc8ccc7n(-c7ccccc7)c6c5)nc4)c4ccccc34)cc2)cc1. The number of hydrogen-bond acceptors (Lipinski definition) is 2. The first-order chi connectivity index (χ1) is 54.6. The van der Waals surface area contributed by atoms with Crippen molar-refractivity contribution in [3.8, 4) is 101 Å². The standard InChI is InChI=1S/2C53H34N2/c1-3-13-35(14-4-1)36-23-25-38(26-24-36)51-43-19-9-11-21-45(43)52(46-22-12-10-20-44(46)51)40-27-30-48(54-34-40)39-29-31-49-47(33-39)53-42-18-8-7-15-37(42)28-32-50(53)55(49)41-16-5-2-6-17-41;1-3-13-35(14-4-1)36-23-25-38(26-24-36)51-43-19-9-11-21-45(43)52(46-22-12-10-20-44(46)51)40-28-31-48(54-34-40)39-27-30-47-50(33-39)55(41-16-5-2-6-17-41)49-32-29-37-15-7-8-18-42(37)53(47)49/h2*1-34H. The molecule has 0 amide bonds. The number of benzene rings is 18. The van der Waals surface area contributed by atoms with Gasteiger partial charge in [0.2, 0.25) is 0 Å². The Labute approximate surface area is 636 Å². The van der Waals surface area contributed by atoms with Crippen molar-refractivity contribution in [2.75, 3.05) is 0 Å². The molecule has 4 aromatic heterocycles. The quantitative estimate of drug-likeness (QED) is 0.128. The highest BCUT2D eigenvalue weighted by Gasteiger charge is 2.23. The van der Waals surface area contributed by atoms with Gasteiger partial charge in [0, 0.05) is 67.6 Å². The average molecular weight is 1400 g/mol. The molecule has 0 unspecified atom stereocenters. The molecule has 22 aromatic rings. The summed E-state index contributed by atoms with van der Waals surface area (Å²) in [6, 6.07) is 145. The molecule has 0 saturated carbocycles. The predicted octanol–water partition coefficient (Wildman–Crippen LogP) is 28.6. The average Bonchev–Trinajstić information content (AvgIpc) is 1.73. The van der Waals surface area contributed by atoms with Gasteiger partial charge in [-0.15, -0.1) is 0 Å². The van der Waals surface area contributed by atoms with Crippen molar-refractivity contribution in [2.24, 2.45) is 0 Å². The summed E-state index contributed by atoms with van der Waals surface area (Å²) >= 11 is 0. The van der Waals surface area contributed by atoms with Gasteiger partial charge in [0.05, 0.1) is 33.5 Å². The molecule has 110 heavy (non-hydrogen) atoms. The van der Waals surface area contributed by atoms with E-state index in [4.69, 9.17) is 9.97 Å². The van der Waals surface area contributed by atoms with Crippen LogP contribution in [0, 0.1) is 0 Å². The number of pyridine rings is 2. The minimum Gasteiger partial charge on any atom is -0.309 e. The van der Waals surface area contributed by atoms with Crippen LogP contribution in [0.15, 0.2) is 413 Å². The van der Waals surface area contributed by atoms with Crippen LogP contribution < -0.4 is 0 Å². The molecule has 4 heteroatoms. The summed E-state index contributed by atoms with van der Waals surface area (Å²) in [4.78, 5) is 10.3. The van der Waals surface area contributed by atoms with Gasteiger partial charge >= 0.3 is 0 Å². The topological polar surface area (TPSA) is 35.6 Å². The van der Waals surface area contributed by atoms with Gasteiger partial charge in [-0.05, 0) is 187 Å². The molecule has 0 aliphatic heterocycles. The fourth-order valence-electron chi connectivity index (χ4n) is 17.5. The monoisotopic (exact) mass is 1400 g/mol. The van der Waals surface area contributed by atoms with Crippen LogP contribution in [0.5, 0.6) is 0 Å². The number of para-hydroxylation sites is 2. The van der Waals surface area contributed by atoms with Crippen LogP contribution in [0.3, 0.4) is 0 Å². The van der Waals surface area contributed by atoms with Gasteiger partial charge < -0.3 is 9.13 Å². The van der Waals surface area contributed by atoms with Gasteiger partial charge in [-0.1, -0.05) is 334 Å². The summed E-state index contributed by atoms with van der Waals surface area (Å²) in [6.07, 6.45) is 4.12. The van der Waals surface area contributed by atoms with Crippen molar-refractivity contribution >= 4 is 108 Å². The fraction of sp³-hybridized carbons (Fsp3) is 0. The number of fused-ring (bicyclic) bond motifs is 14. The maximum atomic E-state index is 5.17. The molecule has 0 atom stereocenters. The fourth-order valence-corrected chi connectivity index (χ4v) is 17.5. The van der Waals surface area contributed by atoms with E-state index in [1.54, 1.807) is 0 Å². The second kappa shape index (κ2) is 26.8. The van der Waals surface area contributed by atoms with Crippen LogP contribution in [0.25, 0.3) is 209 Å². The molecule has 0 bridgehead atoms. The molecule has 0 aliphatic carbocycles. The molecular formula is C106H68N4. The molecule has 0 fully saturated rings. The lowest BCUT2D eigenvalue weighted by molar-refractivity contribution is 1.18. The van der Waals surface area contributed by atoms with Crippen LogP contribution >= 0.6 is 0 Å². The van der Waals surface area contributed by atoms with E-state index in [-0.39, 0.29) is 0 Å². The highest BCUT2D eigenvalue weighted by molar-refractivity contribution is 6.25. The first-order valence-corrected chi connectivity index (χ1v) is 37.8. The number of rotatable bonds is 10. The zero-order chi connectivity index (χ0) is 72.6. The Morgan fingerprint density at radius 3 is 0.855 bits per heavy atom. The number of aromatic nitrogens is 4. The number of hydrogen-bond donors (Lipinski definition) is 0. The van der Waals surface area contributed by atoms with E-state index >= 15 is 0 Å². The van der Waals surface area contributed by atoms with E-state index in [1.165, 1.54) is 164 Å². The van der Waals surface area contributed by atoms with E-state index in [9.17, 15) is 0 Å². The van der Waals surface area contributed by atoms with Crippen LogP contribution in [0.2, 0.25) is 0 Å². The minimum atomic E-state index is 0.948. The Morgan fingerprint density at radius 2 is 0.455 bits per heavy atom. The minimum absolute atomic E-state index is 0.948. The van der Waals surface area contributed by atoms with Crippen molar-refractivity contribution < 1.29 is 0 Å². The number of nitrogens with zero attached hydrogens (tertiary/aromatic N) is 4. The highest BCUT2D eigenvalue weighted by atomic mass is 15.0. The Hall–Kier alpha value is -14.6. The predicted molar refractivity (Wildman–Crippen MR) is 466 cm³/mol. The second-order valence-electron chi connectivity index (χ2n) is 28.6. The van der Waals surface area contributed by atoms with E-state index in [0.717, 1.165) is 45.0 Å². The third kappa shape index (κ3) is 10.8. The molecule has 0 N–H and O–H groups in total. The summed E-state index contributed by atoms with van der Waals surface area (Å²) in [6.45, 7) is 0. The van der Waals surface area contributed by atoms with Crippen molar-refractivity contribution in [3.05, 3.63) is 413 Å². The maximum absolute atomic E-state index is 5.17. The smallest absolute Gasteiger partial charge is 0.0703 e. The summed E-state index contributed by atoms with van der Waals surface area (Å²) in [5.74, 6) is 0. The third-order valence-electron chi connectivity index (χ3n) is 22.5. The van der Waals surface area contributed by atoms with Gasteiger partial charge in [0.15, 0.2) is 0 Å². The lowest BCUT2D eigenvalue weighted by Crippen LogP contribution is -1.94. The van der Waals surface area contributed by atoms with Crippen molar-refractivity contribution in [2.45, 2.75) is 0 Å². The van der Waals surface area contributed by atoms with Crippen molar-refractivity contribution in [1.82, 2.24) is 19.1 Å². The molecule has 0 spiro atoms. The van der Waals surface area contributed by atoms with Crippen LogP contribution in [0.4, 0.5) is 0 Å². The van der Waals surface area contributed by atoms with Gasteiger partial charge in [0.25, 0.3) is 0 Å². The van der Waals surface area contributed by atoms with Crippen LogP contribution in [-0.4, -0.2) is 19.1 Å². The van der Waals surface area contributed by atoms with Gasteiger partial charge in [-0.3, -0.25) is 9.97 Å². The van der Waals surface area contributed by atoms with Crippen molar-refractivity contribution in [1.29, 1.82) is 0 Å². The largest absolute Gasteiger partial charge is 0.309 e.